The van der Waals surface area contributed by atoms with Crippen LogP contribution in [0.1, 0.15) is 74.2 Å². The third kappa shape index (κ3) is 4.79. The van der Waals surface area contributed by atoms with Crippen LogP contribution >= 0.6 is 11.6 Å². The van der Waals surface area contributed by atoms with Crippen molar-refractivity contribution in [2.45, 2.75) is 65.5 Å². The molecule has 164 valence electrons. The van der Waals surface area contributed by atoms with Gasteiger partial charge in [0.15, 0.2) is 0 Å². The highest BCUT2D eigenvalue weighted by Crippen LogP contribution is 2.35. The van der Waals surface area contributed by atoms with Crippen molar-refractivity contribution in [3.8, 4) is 0 Å². The second-order valence-electron chi connectivity index (χ2n) is 9.10. The summed E-state index contributed by atoms with van der Waals surface area (Å²) >= 11 is 6.33. The first kappa shape index (κ1) is 21.9. The fraction of sp³-hybridized carbons (Fsp3) is 0.462. The number of aryl methyl sites for hydroxylation is 1. The molecule has 1 aromatic heterocycles. The number of benzene rings is 2. The van der Waals surface area contributed by atoms with Gasteiger partial charge in [-0.15, -0.1) is 0 Å². The molecule has 2 aromatic carbocycles. The molecule has 0 spiro atoms. The maximum Gasteiger partial charge on any atom is 0.254 e. The second kappa shape index (κ2) is 9.44. The molecule has 1 saturated carbocycles. The summed E-state index contributed by atoms with van der Waals surface area (Å²) in [5.41, 5.74) is 4.02. The summed E-state index contributed by atoms with van der Waals surface area (Å²) in [4.78, 5) is 20.4. The van der Waals surface area contributed by atoms with Crippen LogP contribution in [-0.2, 0) is 13.0 Å². The van der Waals surface area contributed by atoms with Crippen molar-refractivity contribution in [1.82, 2.24) is 14.5 Å². The summed E-state index contributed by atoms with van der Waals surface area (Å²) < 4.78 is 2.36. The number of amides is 1. The Labute approximate surface area is 190 Å². The maximum absolute atomic E-state index is 13.5. The monoisotopic (exact) mass is 437 g/mol. The van der Waals surface area contributed by atoms with E-state index in [1.807, 2.05) is 35.2 Å². The van der Waals surface area contributed by atoms with Crippen LogP contribution in [-0.4, -0.2) is 26.9 Å². The molecule has 0 atom stereocenters. The molecule has 3 aromatic rings. The Kier molecular flexibility index (Phi) is 6.66. The highest BCUT2D eigenvalue weighted by Gasteiger charge is 2.26. The number of carbonyl (C=O) groups excluding carboxylic acids is 1. The zero-order chi connectivity index (χ0) is 22.0. The van der Waals surface area contributed by atoms with Gasteiger partial charge in [-0.05, 0) is 61.1 Å². The molecule has 1 heterocycles. The second-order valence-corrected chi connectivity index (χ2v) is 9.54. The van der Waals surface area contributed by atoms with E-state index in [2.05, 4.69) is 37.5 Å². The molecule has 0 aliphatic heterocycles. The molecule has 0 unspecified atom stereocenters. The summed E-state index contributed by atoms with van der Waals surface area (Å²) in [6, 6.07) is 14.3. The van der Waals surface area contributed by atoms with Crippen molar-refractivity contribution < 1.29 is 4.79 Å². The SMILES string of the molecule is CCc1ccc(C(=O)N(Cc2nc3ccc(Cl)cc3n2C2CCCC2)CC(C)C)cc1. The third-order valence-corrected chi connectivity index (χ3v) is 6.46. The lowest BCUT2D eigenvalue weighted by atomic mass is 10.1. The van der Waals surface area contributed by atoms with Crippen LogP contribution < -0.4 is 0 Å². The van der Waals surface area contributed by atoms with Crippen molar-refractivity contribution in [1.29, 1.82) is 0 Å². The molecular weight excluding hydrogens is 406 g/mol. The lowest BCUT2D eigenvalue weighted by Gasteiger charge is -2.26. The van der Waals surface area contributed by atoms with Crippen LogP contribution in [0.2, 0.25) is 5.02 Å². The number of hydrogen-bond donors (Lipinski definition) is 0. The Morgan fingerprint density at radius 3 is 2.52 bits per heavy atom. The van der Waals surface area contributed by atoms with Gasteiger partial charge in [-0.2, -0.15) is 0 Å². The minimum absolute atomic E-state index is 0.0689. The van der Waals surface area contributed by atoms with E-state index in [1.165, 1.54) is 18.4 Å². The maximum atomic E-state index is 13.5. The number of hydrogen-bond acceptors (Lipinski definition) is 2. The molecule has 1 fully saturated rings. The minimum Gasteiger partial charge on any atom is -0.331 e. The summed E-state index contributed by atoms with van der Waals surface area (Å²) in [6.45, 7) is 7.64. The van der Waals surface area contributed by atoms with E-state index in [0.29, 0.717) is 25.0 Å². The zero-order valence-corrected chi connectivity index (χ0v) is 19.5. The van der Waals surface area contributed by atoms with Gasteiger partial charge in [0.05, 0.1) is 17.6 Å². The number of halogens is 1. The van der Waals surface area contributed by atoms with Crippen molar-refractivity contribution in [3.63, 3.8) is 0 Å². The van der Waals surface area contributed by atoms with Crippen LogP contribution in [0.4, 0.5) is 0 Å². The predicted molar refractivity (Wildman–Crippen MR) is 128 cm³/mol. The van der Waals surface area contributed by atoms with Gasteiger partial charge in [-0.25, -0.2) is 4.98 Å². The Balaban J connectivity index is 1.70. The number of rotatable bonds is 7. The number of nitrogens with zero attached hydrogens (tertiary/aromatic N) is 3. The number of carbonyl (C=O) groups is 1. The Morgan fingerprint density at radius 1 is 1.16 bits per heavy atom. The summed E-state index contributed by atoms with van der Waals surface area (Å²) in [6.07, 6.45) is 5.76. The van der Waals surface area contributed by atoms with Crippen molar-refractivity contribution in [2.24, 2.45) is 5.92 Å². The van der Waals surface area contributed by atoms with E-state index in [-0.39, 0.29) is 5.91 Å². The van der Waals surface area contributed by atoms with Crippen LogP contribution in [0.15, 0.2) is 42.5 Å². The minimum atomic E-state index is 0.0689. The van der Waals surface area contributed by atoms with Gasteiger partial charge in [0.1, 0.15) is 5.82 Å². The smallest absolute Gasteiger partial charge is 0.254 e. The quantitative estimate of drug-likeness (QED) is 0.414. The third-order valence-electron chi connectivity index (χ3n) is 6.23. The van der Waals surface area contributed by atoms with Gasteiger partial charge in [0, 0.05) is 23.2 Å². The number of aromatic nitrogens is 2. The average molecular weight is 438 g/mol. The molecule has 0 radical (unpaired) electrons. The molecule has 4 rings (SSSR count). The van der Waals surface area contributed by atoms with Gasteiger partial charge in [-0.1, -0.05) is 57.3 Å². The van der Waals surface area contributed by atoms with Crippen LogP contribution in [0.5, 0.6) is 0 Å². The Bertz CT molecular complexity index is 1050. The topological polar surface area (TPSA) is 38.1 Å². The van der Waals surface area contributed by atoms with Crippen molar-refractivity contribution >= 4 is 28.5 Å². The Hall–Kier alpha value is -2.33. The fourth-order valence-electron chi connectivity index (χ4n) is 4.69. The van der Waals surface area contributed by atoms with Gasteiger partial charge in [0.25, 0.3) is 5.91 Å². The van der Waals surface area contributed by atoms with E-state index in [0.717, 1.165) is 46.7 Å². The zero-order valence-electron chi connectivity index (χ0n) is 18.8. The van der Waals surface area contributed by atoms with Crippen LogP contribution in [0.3, 0.4) is 0 Å². The lowest BCUT2D eigenvalue weighted by Crippen LogP contribution is -2.35. The van der Waals surface area contributed by atoms with Gasteiger partial charge < -0.3 is 9.47 Å². The number of fused-ring (bicyclic) bond motifs is 1. The molecule has 5 heteroatoms. The standard InChI is InChI=1S/C26H32ClN3O/c1-4-19-9-11-20(12-10-19)26(31)29(16-18(2)3)17-25-28-23-14-13-21(27)15-24(23)30(25)22-7-5-6-8-22/h9-15,18,22H,4-8,16-17H2,1-3H3. The van der Waals surface area contributed by atoms with E-state index >= 15 is 0 Å². The first-order valence-corrected chi connectivity index (χ1v) is 11.9. The highest BCUT2D eigenvalue weighted by molar-refractivity contribution is 6.31. The molecule has 1 amide bonds. The summed E-state index contributed by atoms with van der Waals surface area (Å²) in [5, 5.41) is 0.726. The molecule has 1 aliphatic carbocycles. The summed E-state index contributed by atoms with van der Waals surface area (Å²) in [5.74, 6) is 1.40. The lowest BCUT2D eigenvalue weighted by molar-refractivity contribution is 0.0715. The summed E-state index contributed by atoms with van der Waals surface area (Å²) in [7, 11) is 0. The van der Waals surface area contributed by atoms with E-state index < -0.39 is 0 Å². The fourth-order valence-corrected chi connectivity index (χ4v) is 4.86. The predicted octanol–water partition coefficient (Wildman–Crippen LogP) is 6.67. The van der Waals surface area contributed by atoms with Gasteiger partial charge in [-0.3, -0.25) is 4.79 Å². The largest absolute Gasteiger partial charge is 0.331 e. The van der Waals surface area contributed by atoms with Crippen molar-refractivity contribution in [2.75, 3.05) is 6.54 Å². The molecule has 0 saturated heterocycles. The first-order valence-electron chi connectivity index (χ1n) is 11.5. The van der Waals surface area contributed by atoms with Gasteiger partial charge in [0.2, 0.25) is 0 Å². The molecule has 0 N–H and O–H groups in total. The van der Waals surface area contributed by atoms with E-state index in [9.17, 15) is 4.79 Å². The molecule has 0 bridgehead atoms. The number of imidazole rings is 1. The molecule has 1 aliphatic rings. The average Bonchev–Trinajstić information content (AvgIpc) is 3.39. The Morgan fingerprint density at radius 2 is 1.87 bits per heavy atom. The van der Waals surface area contributed by atoms with E-state index in [4.69, 9.17) is 16.6 Å². The molecule has 4 nitrogen and oxygen atoms in total. The van der Waals surface area contributed by atoms with Crippen molar-refractivity contribution in [3.05, 3.63) is 64.4 Å². The highest BCUT2D eigenvalue weighted by atomic mass is 35.5. The van der Waals surface area contributed by atoms with Gasteiger partial charge >= 0.3 is 0 Å². The normalized spacial score (nSPS) is 14.6. The van der Waals surface area contributed by atoms with Crippen LogP contribution in [0.25, 0.3) is 11.0 Å². The molecular formula is C26H32ClN3O. The van der Waals surface area contributed by atoms with Crippen LogP contribution in [0, 0.1) is 5.92 Å². The molecule has 31 heavy (non-hydrogen) atoms. The first-order chi connectivity index (χ1) is 15.0. The van der Waals surface area contributed by atoms with E-state index in [1.54, 1.807) is 0 Å².